The van der Waals surface area contributed by atoms with Crippen LogP contribution in [-0.2, 0) is 11.8 Å². The first-order valence-corrected chi connectivity index (χ1v) is 8.14. The molecule has 1 aliphatic heterocycles. The number of pyridine rings is 1. The molecule has 1 unspecified atom stereocenters. The van der Waals surface area contributed by atoms with Gasteiger partial charge in [0.25, 0.3) is 0 Å². The number of fused-ring (bicyclic) bond motifs is 1. The van der Waals surface area contributed by atoms with Gasteiger partial charge in [-0.2, -0.15) is 5.10 Å². The van der Waals surface area contributed by atoms with Crippen molar-refractivity contribution >= 4 is 23.3 Å². The second kappa shape index (κ2) is 5.97. The molecule has 126 valence electrons. The summed E-state index contributed by atoms with van der Waals surface area (Å²) in [6, 6.07) is 8.31. The number of halogens is 2. The molecule has 0 radical (unpaired) electrons. The predicted molar refractivity (Wildman–Crippen MR) is 92.9 cm³/mol. The molecule has 0 spiro atoms. The number of rotatable bonds is 2. The lowest BCUT2D eigenvalue weighted by Crippen LogP contribution is -2.24. The molecule has 1 atom stereocenters. The molecule has 0 aliphatic carbocycles. The van der Waals surface area contributed by atoms with E-state index in [1.54, 1.807) is 36.3 Å². The number of carbonyl (C=O) groups excluding carboxylic acids is 1. The van der Waals surface area contributed by atoms with Crippen molar-refractivity contribution in [2.75, 3.05) is 5.32 Å². The first kappa shape index (κ1) is 15.8. The normalized spacial score (nSPS) is 16.4. The van der Waals surface area contributed by atoms with Gasteiger partial charge >= 0.3 is 0 Å². The number of aromatic nitrogens is 3. The van der Waals surface area contributed by atoms with E-state index in [2.05, 4.69) is 15.4 Å². The third-order valence-electron chi connectivity index (χ3n) is 4.36. The van der Waals surface area contributed by atoms with E-state index in [1.807, 2.05) is 12.1 Å². The zero-order chi connectivity index (χ0) is 17.6. The highest BCUT2D eigenvalue weighted by molar-refractivity contribution is 6.30. The summed E-state index contributed by atoms with van der Waals surface area (Å²) >= 11 is 5.95. The predicted octanol–water partition coefficient (Wildman–Crippen LogP) is 3.75. The second-order valence-corrected chi connectivity index (χ2v) is 6.36. The minimum absolute atomic E-state index is 0.0387. The van der Waals surface area contributed by atoms with Crippen molar-refractivity contribution in [2.24, 2.45) is 7.05 Å². The number of hydrogen-bond donors (Lipinski definition) is 1. The highest BCUT2D eigenvalue weighted by Crippen LogP contribution is 2.43. The first-order valence-electron chi connectivity index (χ1n) is 7.76. The van der Waals surface area contributed by atoms with Crippen LogP contribution in [0.25, 0.3) is 11.3 Å². The van der Waals surface area contributed by atoms with Crippen LogP contribution in [0.15, 0.2) is 42.7 Å². The van der Waals surface area contributed by atoms with Gasteiger partial charge in [0.1, 0.15) is 11.6 Å². The standard InChI is InChI=1S/C18H14ClFN4O/c1-24-18-16(17(23-24)11-3-2-6-21-9-11)12(8-15(25)22-18)10-4-5-14(20)13(19)7-10/h2-7,9,12H,8H2,1H3,(H,22,25). The van der Waals surface area contributed by atoms with Gasteiger partial charge in [0.05, 0.1) is 10.7 Å². The van der Waals surface area contributed by atoms with Crippen LogP contribution in [0.1, 0.15) is 23.5 Å². The Bertz CT molecular complexity index is 971. The molecule has 4 rings (SSSR count). The second-order valence-electron chi connectivity index (χ2n) is 5.95. The molecule has 0 fully saturated rings. The molecule has 0 saturated carbocycles. The van der Waals surface area contributed by atoms with E-state index in [4.69, 9.17) is 11.6 Å². The van der Waals surface area contributed by atoms with E-state index in [-0.39, 0.29) is 23.3 Å². The van der Waals surface area contributed by atoms with Crippen LogP contribution in [0.3, 0.4) is 0 Å². The lowest BCUT2D eigenvalue weighted by Gasteiger charge is -2.24. The highest BCUT2D eigenvalue weighted by atomic mass is 35.5. The summed E-state index contributed by atoms with van der Waals surface area (Å²) in [6.07, 6.45) is 3.67. The van der Waals surface area contributed by atoms with Crippen molar-refractivity contribution < 1.29 is 9.18 Å². The van der Waals surface area contributed by atoms with Crippen LogP contribution in [-0.4, -0.2) is 20.7 Å². The molecule has 0 saturated heterocycles. The summed E-state index contributed by atoms with van der Waals surface area (Å²) in [5, 5.41) is 7.48. The van der Waals surface area contributed by atoms with Gasteiger partial charge in [-0.3, -0.25) is 14.5 Å². The Kier molecular flexibility index (Phi) is 3.77. The molecule has 3 heterocycles. The molecule has 7 heteroatoms. The Balaban J connectivity index is 1.92. The molecular weight excluding hydrogens is 343 g/mol. The molecule has 3 aromatic rings. The summed E-state index contributed by atoms with van der Waals surface area (Å²) in [7, 11) is 1.78. The fourth-order valence-electron chi connectivity index (χ4n) is 3.22. The van der Waals surface area contributed by atoms with E-state index in [1.165, 1.54) is 6.07 Å². The minimum Gasteiger partial charge on any atom is -0.311 e. The Labute approximate surface area is 148 Å². The number of amides is 1. The van der Waals surface area contributed by atoms with E-state index >= 15 is 0 Å². The molecule has 1 amide bonds. The van der Waals surface area contributed by atoms with Crippen LogP contribution in [0.4, 0.5) is 10.2 Å². The maximum Gasteiger partial charge on any atom is 0.226 e. The summed E-state index contributed by atoms with van der Waals surface area (Å²) in [5.41, 5.74) is 3.27. The number of anilines is 1. The van der Waals surface area contributed by atoms with E-state index < -0.39 is 5.82 Å². The molecule has 2 aromatic heterocycles. The smallest absolute Gasteiger partial charge is 0.226 e. The SMILES string of the molecule is Cn1nc(-c2cccnc2)c2c1NC(=O)CC2c1ccc(F)c(Cl)c1. The summed E-state index contributed by atoms with van der Waals surface area (Å²) in [5.74, 6) is -0.213. The van der Waals surface area contributed by atoms with Crippen molar-refractivity contribution in [3.63, 3.8) is 0 Å². The van der Waals surface area contributed by atoms with Gasteiger partial charge in [-0.15, -0.1) is 0 Å². The number of nitrogens with one attached hydrogen (secondary N) is 1. The van der Waals surface area contributed by atoms with Crippen molar-refractivity contribution in [2.45, 2.75) is 12.3 Å². The Morgan fingerprint density at radius 2 is 2.20 bits per heavy atom. The number of aryl methyl sites for hydroxylation is 1. The Morgan fingerprint density at radius 3 is 2.92 bits per heavy atom. The van der Waals surface area contributed by atoms with Gasteiger partial charge in [-0.05, 0) is 29.8 Å². The molecular formula is C18H14ClFN4O. The lowest BCUT2D eigenvalue weighted by atomic mass is 9.84. The summed E-state index contributed by atoms with van der Waals surface area (Å²) in [4.78, 5) is 16.3. The maximum absolute atomic E-state index is 13.6. The summed E-state index contributed by atoms with van der Waals surface area (Å²) in [6.45, 7) is 0. The third-order valence-corrected chi connectivity index (χ3v) is 4.65. The number of carbonyl (C=O) groups is 1. The molecule has 1 aromatic carbocycles. The third kappa shape index (κ3) is 2.68. The number of benzene rings is 1. The Hall–Kier alpha value is -2.73. The van der Waals surface area contributed by atoms with Crippen LogP contribution >= 0.6 is 11.6 Å². The van der Waals surface area contributed by atoms with Crippen LogP contribution in [0.5, 0.6) is 0 Å². The topological polar surface area (TPSA) is 59.8 Å². The van der Waals surface area contributed by atoms with E-state index in [9.17, 15) is 9.18 Å². The fourth-order valence-corrected chi connectivity index (χ4v) is 3.41. The van der Waals surface area contributed by atoms with Crippen LogP contribution in [0.2, 0.25) is 5.02 Å². The minimum atomic E-state index is -0.482. The average molecular weight is 357 g/mol. The van der Waals surface area contributed by atoms with Crippen LogP contribution in [0, 0.1) is 5.82 Å². The number of nitrogens with zero attached hydrogens (tertiary/aromatic N) is 3. The molecule has 5 nitrogen and oxygen atoms in total. The largest absolute Gasteiger partial charge is 0.311 e. The van der Waals surface area contributed by atoms with Gasteiger partial charge in [0.2, 0.25) is 5.91 Å². The highest BCUT2D eigenvalue weighted by Gasteiger charge is 2.33. The van der Waals surface area contributed by atoms with Gasteiger partial charge in [-0.1, -0.05) is 17.7 Å². The number of hydrogen-bond acceptors (Lipinski definition) is 3. The monoisotopic (exact) mass is 356 g/mol. The van der Waals surface area contributed by atoms with Crippen molar-refractivity contribution in [3.05, 3.63) is 64.7 Å². The van der Waals surface area contributed by atoms with E-state index in [0.717, 1.165) is 22.4 Å². The molecule has 0 bridgehead atoms. The van der Waals surface area contributed by atoms with Gasteiger partial charge < -0.3 is 5.32 Å². The van der Waals surface area contributed by atoms with E-state index in [0.29, 0.717) is 5.82 Å². The van der Waals surface area contributed by atoms with Crippen molar-refractivity contribution in [1.29, 1.82) is 0 Å². The molecule has 1 N–H and O–H groups in total. The molecule has 25 heavy (non-hydrogen) atoms. The van der Waals surface area contributed by atoms with Crippen molar-refractivity contribution in [3.8, 4) is 11.3 Å². The lowest BCUT2D eigenvalue weighted by molar-refractivity contribution is -0.116. The maximum atomic E-state index is 13.6. The summed E-state index contributed by atoms with van der Waals surface area (Å²) < 4.78 is 15.2. The quantitative estimate of drug-likeness (QED) is 0.760. The first-order chi connectivity index (χ1) is 12.0. The van der Waals surface area contributed by atoms with Gasteiger partial charge in [-0.25, -0.2) is 4.39 Å². The molecule has 1 aliphatic rings. The fraction of sp³-hybridized carbons (Fsp3) is 0.167. The van der Waals surface area contributed by atoms with Crippen molar-refractivity contribution in [1.82, 2.24) is 14.8 Å². The zero-order valence-corrected chi connectivity index (χ0v) is 14.1. The van der Waals surface area contributed by atoms with Gasteiger partial charge in [0, 0.05) is 42.9 Å². The van der Waals surface area contributed by atoms with Gasteiger partial charge in [0.15, 0.2) is 0 Å². The average Bonchev–Trinajstić information content (AvgIpc) is 2.94. The zero-order valence-electron chi connectivity index (χ0n) is 13.3. The Morgan fingerprint density at radius 1 is 1.36 bits per heavy atom. The van der Waals surface area contributed by atoms with Crippen LogP contribution < -0.4 is 5.32 Å².